The minimum absolute atomic E-state index is 0.0861. The van der Waals surface area contributed by atoms with Crippen LogP contribution >= 0.6 is 11.8 Å². The van der Waals surface area contributed by atoms with Gasteiger partial charge in [-0.15, -0.1) is 11.8 Å². The van der Waals surface area contributed by atoms with E-state index in [0.717, 1.165) is 16.1 Å². The molecular weight excluding hydrogens is 252 g/mol. The second-order valence-corrected chi connectivity index (χ2v) is 4.51. The largest absolute Gasteiger partial charge is 0.481 e. The van der Waals surface area contributed by atoms with Gasteiger partial charge in [0.25, 0.3) is 0 Å². The molecule has 3 N–H and O–H groups in total. The molecule has 0 aliphatic rings. The molecule has 0 aliphatic heterocycles. The number of amides is 2. The van der Waals surface area contributed by atoms with Crippen molar-refractivity contribution < 1.29 is 14.7 Å². The smallest absolute Gasteiger partial charge is 0.319 e. The van der Waals surface area contributed by atoms with E-state index in [-0.39, 0.29) is 13.0 Å². The van der Waals surface area contributed by atoms with E-state index in [1.54, 1.807) is 11.8 Å². The Morgan fingerprint density at radius 3 is 2.72 bits per heavy atom. The number of thioether (sulfide) groups is 1. The van der Waals surface area contributed by atoms with Crippen LogP contribution in [0.25, 0.3) is 0 Å². The van der Waals surface area contributed by atoms with Gasteiger partial charge in [0.1, 0.15) is 0 Å². The first-order valence-corrected chi connectivity index (χ1v) is 6.67. The maximum atomic E-state index is 11.5. The quantitative estimate of drug-likeness (QED) is 0.716. The van der Waals surface area contributed by atoms with Crippen molar-refractivity contribution >= 4 is 29.4 Å². The summed E-state index contributed by atoms with van der Waals surface area (Å²) in [7, 11) is 0. The van der Waals surface area contributed by atoms with Crippen LogP contribution in [-0.2, 0) is 4.79 Å². The summed E-state index contributed by atoms with van der Waals surface area (Å²) in [6, 6.07) is 5.27. The van der Waals surface area contributed by atoms with Crippen LogP contribution in [0.3, 0.4) is 0 Å². The summed E-state index contributed by atoms with van der Waals surface area (Å²) >= 11 is 1.61. The summed E-state index contributed by atoms with van der Waals surface area (Å²) in [6.07, 6.45) is 1.89. The van der Waals surface area contributed by atoms with Gasteiger partial charge >= 0.3 is 12.0 Å². The molecule has 0 saturated carbocycles. The van der Waals surface area contributed by atoms with Crippen molar-refractivity contribution in [3.05, 3.63) is 23.8 Å². The topological polar surface area (TPSA) is 78.4 Å². The second-order valence-electron chi connectivity index (χ2n) is 3.66. The van der Waals surface area contributed by atoms with Crippen molar-refractivity contribution in [3.8, 4) is 0 Å². The van der Waals surface area contributed by atoms with Crippen molar-refractivity contribution in [3.63, 3.8) is 0 Å². The molecular formula is C12H16N2O3S. The molecule has 0 saturated heterocycles. The zero-order valence-corrected chi connectivity index (χ0v) is 11.1. The molecule has 0 bridgehead atoms. The first-order valence-electron chi connectivity index (χ1n) is 5.45. The Morgan fingerprint density at radius 1 is 1.39 bits per heavy atom. The van der Waals surface area contributed by atoms with Gasteiger partial charge in [0, 0.05) is 17.1 Å². The Balaban J connectivity index is 2.56. The van der Waals surface area contributed by atoms with E-state index in [1.165, 1.54) is 0 Å². The molecule has 98 valence electrons. The van der Waals surface area contributed by atoms with E-state index in [0.29, 0.717) is 0 Å². The highest BCUT2D eigenvalue weighted by molar-refractivity contribution is 7.98. The van der Waals surface area contributed by atoms with Crippen LogP contribution in [0.1, 0.15) is 12.0 Å². The number of nitrogens with one attached hydrogen (secondary N) is 2. The van der Waals surface area contributed by atoms with Gasteiger partial charge in [-0.25, -0.2) is 4.79 Å². The van der Waals surface area contributed by atoms with Gasteiger partial charge in [-0.05, 0) is 30.9 Å². The number of carbonyl (C=O) groups is 2. The number of rotatable bonds is 5. The molecule has 2 amide bonds. The van der Waals surface area contributed by atoms with Crippen LogP contribution in [0.2, 0.25) is 0 Å². The molecule has 0 fully saturated rings. The van der Waals surface area contributed by atoms with Gasteiger partial charge in [-0.3, -0.25) is 4.79 Å². The van der Waals surface area contributed by atoms with Crippen LogP contribution in [-0.4, -0.2) is 29.9 Å². The van der Waals surface area contributed by atoms with Gasteiger partial charge in [-0.1, -0.05) is 6.07 Å². The van der Waals surface area contributed by atoms with Gasteiger partial charge in [-0.2, -0.15) is 0 Å². The molecule has 0 aliphatic carbocycles. The summed E-state index contributed by atoms with van der Waals surface area (Å²) in [4.78, 5) is 22.9. The zero-order chi connectivity index (χ0) is 13.5. The molecule has 1 aromatic rings. The van der Waals surface area contributed by atoms with Crippen LogP contribution in [0.5, 0.6) is 0 Å². The first-order chi connectivity index (χ1) is 8.54. The van der Waals surface area contributed by atoms with Gasteiger partial charge < -0.3 is 15.7 Å². The number of benzene rings is 1. The Kier molecular flexibility index (Phi) is 5.51. The molecule has 0 radical (unpaired) electrons. The lowest BCUT2D eigenvalue weighted by Gasteiger charge is -2.11. The van der Waals surface area contributed by atoms with Gasteiger partial charge in [0.2, 0.25) is 0 Å². The van der Waals surface area contributed by atoms with Gasteiger partial charge in [0.15, 0.2) is 0 Å². The lowest BCUT2D eigenvalue weighted by atomic mass is 10.2. The molecule has 18 heavy (non-hydrogen) atoms. The van der Waals surface area contributed by atoms with Crippen molar-refractivity contribution in [2.24, 2.45) is 0 Å². The van der Waals surface area contributed by atoms with Gasteiger partial charge in [0.05, 0.1) is 6.42 Å². The monoisotopic (exact) mass is 268 g/mol. The molecule has 0 spiro atoms. The maximum absolute atomic E-state index is 11.5. The molecule has 5 nitrogen and oxygen atoms in total. The summed E-state index contributed by atoms with van der Waals surface area (Å²) in [6.45, 7) is 2.04. The Labute approximate surface area is 110 Å². The van der Waals surface area contributed by atoms with Crippen LogP contribution in [0.15, 0.2) is 23.1 Å². The average Bonchev–Trinajstić information content (AvgIpc) is 2.31. The van der Waals surface area contributed by atoms with E-state index < -0.39 is 12.0 Å². The third-order valence-electron chi connectivity index (χ3n) is 2.38. The Hall–Kier alpha value is -1.69. The van der Waals surface area contributed by atoms with Crippen molar-refractivity contribution in [1.82, 2.24) is 5.32 Å². The normalized spacial score (nSPS) is 9.89. The molecule has 6 heteroatoms. The lowest BCUT2D eigenvalue weighted by Crippen LogP contribution is -2.30. The predicted octanol–water partition coefficient (Wildman–Crippen LogP) is 2.31. The number of carboxylic acids is 1. The first kappa shape index (κ1) is 14.4. The summed E-state index contributed by atoms with van der Waals surface area (Å²) in [5.74, 6) is -0.934. The number of anilines is 1. The van der Waals surface area contributed by atoms with Crippen molar-refractivity contribution in [2.45, 2.75) is 18.2 Å². The summed E-state index contributed by atoms with van der Waals surface area (Å²) in [5.41, 5.74) is 1.73. The second kappa shape index (κ2) is 6.90. The van der Waals surface area contributed by atoms with E-state index in [2.05, 4.69) is 10.6 Å². The highest BCUT2D eigenvalue weighted by Crippen LogP contribution is 2.25. The predicted molar refractivity (Wildman–Crippen MR) is 72.2 cm³/mol. The average molecular weight is 268 g/mol. The molecule has 0 atom stereocenters. The highest BCUT2D eigenvalue weighted by Gasteiger charge is 2.07. The van der Waals surface area contributed by atoms with Crippen LogP contribution in [0.4, 0.5) is 10.5 Å². The van der Waals surface area contributed by atoms with E-state index in [1.807, 2.05) is 31.4 Å². The number of carbonyl (C=O) groups excluding carboxylic acids is 1. The van der Waals surface area contributed by atoms with E-state index in [4.69, 9.17) is 5.11 Å². The minimum atomic E-state index is -0.934. The zero-order valence-electron chi connectivity index (χ0n) is 10.3. The number of hydrogen-bond donors (Lipinski definition) is 3. The third-order valence-corrected chi connectivity index (χ3v) is 3.26. The highest BCUT2D eigenvalue weighted by atomic mass is 32.2. The molecule has 0 unspecified atom stereocenters. The van der Waals surface area contributed by atoms with Crippen LogP contribution in [0, 0.1) is 6.92 Å². The number of aliphatic carboxylic acids is 1. The maximum Gasteiger partial charge on any atom is 0.319 e. The minimum Gasteiger partial charge on any atom is -0.481 e. The van der Waals surface area contributed by atoms with Crippen molar-refractivity contribution in [1.29, 1.82) is 0 Å². The van der Waals surface area contributed by atoms with E-state index >= 15 is 0 Å². The fourth-order valence-corrected chi connectivity index (χ4v) is 2.05. The summed E-state index contributed by atoms with van der Waals surface area (Å²) < 4.78 is 0. The number of carboxylic acid groups (broad SMARTS) is 1. The summed E-state index contributed by atoms with van der Waals surface area (Å²) in [5, 5.41) is 13.6. The molecule has 0 aromatic heterocycles. The number of urea groups is 1. The molecule has 0 heterocycles. The van der Waals surface area contributed by atoms with Crippen LogP contribution < -0.4 is 10.6 Å². The fraction of sp³-hybridized carbons (Fsp3) is 0.333. The Bertz CT molecular complexity index is 449. The Morgan fingerprint density at radius 2 is 2.11 bits per heavy atom. The third kappa shape index (κ3) is 4.29. The van der Waals surface area contributed by atoms with E-state index in [9.17, 15) is 9.59 Å². The lowest BCUT2D eigenvalue weighted by molar-refractivity contribution is -0.136. The SMILES string of the molecule is CSc1cccc(NC(=O)NCCC(=O)O)c1C. The standard InChI is InChI=1S/C12H16N2O3S/c1-8-9(4-3-5-10(8)18-2)14-12(17)13-7-6-11(15)16/h3-5H,6-7H2,1-2H3,(H,15,16)(H2,13,14,17). The molecule has 1 aromatic carbocycles. The number of hydrogen-bond acceptors (Lipinski definition) is 3. The van der Waals surface area contributed by atoms with Crippen molar-refractivity contribution in [2.75, 3.05) is 18.1 Å². The fourth-order valence-electron chi connectivity index (χ4n) is 1.42. The molecule has 1 rings (SSSR count).